The first-order valence-corrected chi connectivity index (χ1v) is 6.33. The van der Waals surface area contributed by atoms with Gasteiger partial charge in [0, 0.05) is 12.1 Å². The summed E-state index contributed by atoms with van der Waals surface area (Å²) < 4.78 is 1.92. The van der Waals surface area contributed by atoms with Gasteiger partial charge in [-0.3, -0.25) is 4.57 Å². The number of alkyl halides is 1. The quantitative estimate of drug-likeness (QED) is 0.667. The van der Waals surface area contributed by atoms with Gasteiger partial charge in [-0.2, -0.15) is 0 Å². The van der Waals surface area contributed by atoms with E-state index in [1.54, 1.807) is 12.5 Å². The summed E-state index contributed by atoms with van der Waals surface area (Å²) in [5, 5.41) is 0.582. The highest BCUT2D eigenvalue weighted by Gasteiger charge is 2.07. The largest absolute Gasteiger partial charge is 0.283 e. The molecule has 0 fully saturated rings. The van der Waals surface area contributed by atoms with Gasteiger partial charge in [-0.15, -0.1) is 11.6 Å². The second-order valence-electron chi connectivity index (χ2n) is 3.87. The van der Waals surface area contributed by atoms with Crippen LogP contribution in [0.4, 0.5) is 0 Å². The average molecular weight is 278 g/mol. The van der Waals surface area contributed by atoms with E-state index in [0.717, 1.165) is 22.4 Å². The third-order valence-electron chi connectivity index (χ3n) is 2.76. The van der Waals surface area contributed by atoms with Gasteiger partial charge in [-0.25, -0.2) is 9.97 Å². The maximum Gasteiger partial charge on any atom is 0.138 e. The summed E-state index contributed by atoms with van der Waals surface area (Å²) in [5.41, 5.74) is 2.80. The van der Waals surface area contributed by atoms with E-state index in [4.69, 9.17) is 23.2 Å². The number of pyridine rings is 1. The van der Waals surface area contributed by atoms with Crippen molar-refractivity contribution in [2.24, 2.45) is 0 Å². The van der Waals surface area contributed by atoms with Crippen LogP contribution in [-0.2, 0) is 5.88 Å². The van der Waals surface area contributed by atoms with Gasteiger partial charge in [0.25, 0.3) is 0 Å². The Hall–Kier alpha value is -1.58. The second-order valence-corrected chi connectivity index (χ2v) is 4.55. The van der Waals surface area contributed by atoms with Gasteiger partial charge in [-0.1, -0.05) is 23.7 Å². The van der Waals surface area contributed by atoms with Gasteiger partial charge in [0.1, 0.15) is 12.1 Å². The first-order chi connectivity index (χ1) is 8.79. The van der Waals surface area contributed by atoms with Gasteiger partial charge in [0.05, 0.1) is 16.1 Å². The average Bonchev–Trinajstić information content (AvgIpc) is 2.83. The summed E-state index contributed by atoms with van der Waals surface area (Å²) in [4.78, 5) is 8.64. The number of fused-ring (bicyclic) bond motifs is 1. The molecule has 0 amide bonds. The predicted molar refractivity (Wildman–Crippen MR) is 73.4 cm³/mol. The van der Waals surface area contributed by atoms with Crippen molar-refractivity contribution in [1.82, 2.24) is 14.5 Å². The highest BCUT2D eigenvalue weighted by atomic mass is 35.5. The monoisotopic (exact) mass is 277 g/mol. The molecule has 2 heterocycles. The molecule has 3 nitrogen and oxygen atoms in total. The van der Waals surface area contributed by atoms with E-state index >= 15 is 0 Å². The fraction of sp³-hybridized carbons (Fsp3) is 0.0769. The van der Waals surface area contributed by atoms with Crippen LogP contribution < -0.4 is 0 Å². The number of nitrogens with zero attached hydrogens (tertiary/aromatic N) is 3. The lowest BCUT2D eigenvalue weighted by atomic mass is 10.3. The zero-order valence-electron chi connectivity index (χ0n) is 9.35. The van der Waals surface area contributed by atoms with E-state index in [2.05, 4.69) is 9.97 Å². The number of para-hydroxylation sites is 2. The second kappa shape index (κ2) is 4.59. The van der Waals surface area contributed by atoms with Crippen LogP contribution in [0.1, 0.15) is 5.56 Å². The molecule has 0 unspecified atom stereocenters. The molecule has 0 saturated carbocycles. The Bertz CT molecular complexity index is 706. The third kappa shape index (κ3) is 1.85. The number of hydrogen-bond donors (Lipinski definition) is 0. The highest BCUT2D eigenvalue weighted by molar-refractivity contribution is 6.32. The van der Waals surface area contributed by atoms with Gasteiger partial charge in [0.2, 0.25) is 0 Å². The van der Waals surface area contributed by atoms with Crippen molar-refractivity contribution in [3.8, 4) is 5.82 Å². The van der Waals surface area contributed by atoms with Crippen LogP contribution >= 0.6 is 23.2 Å². The topological polar surface area (TPSA) is 30.7 Å². The Labute approximate surface area is 114 Å². The first kappa shape index (κ1) is 11.5. The third-order valence-corrected chi connectivity index (χ3v) is 3.39. The maximum atomic E-state index is 6.00. The zero-order valence-corrected chi connectivity index (χ0v) is 10.9. The SMILES string of the molecule is ClCc1cc(-n2cnc3ccccc32)ncc1Cl. The molecule has 0 radical (unpaired) electrons. The minimum absolute atomic E-state index is 0.362. The van der Waals surface area contributed by atoms with Crippen molar-refractivity contribution in [3.63, 3.8) is 0 Å². The minimum atomic E-state index is 0.362. The van der Waals surface area contributed by atoms with Crippen molar-refractivity contribution in [1.29, 1.82) is 0 Å². The molecule has 3 rings (SSSR count). The molecule has 0 aliphatic carbocycles. The summed E-state index contributed by atoms with van der Waals surface area (Å²) in [6, 6.07) is 9.77. The number of imidazole rings is 1. The minimum Gasteiger partial charge on any atom is -0.283 e. The Morgan fingerprint density at radius 2 is 2.00 bits per heavy atom. The van der Waals surface area contributed by atoms with E-state index in [-0.39, 0.29) is 0 Å². The molecule has 18 heavy (non-hydrogen) atoms. The lowest BCUT2D eigenvalue weighted by Crippen LogP contribution is -1.97. The zero-order chi connectivity index (χ0) is 12.5. The molecule has 0 aliphatic rings. The fourth-order valence-electron chi connectivity index (χ4n) is 1.84. The van der Waals surface area contributed by atoms with E-state index < -0.39 is 0 Å². The molecular weight excluding hydrogens is 269 g/mol. The van der Waals surface area contributed by atoms with Crippen molar-refractivity contribution in [2.75, 3.05) is 0 Å². The van der Waals surface area contributed by atoms with E-state index in [1.807, 2.05) is 34.9 Å². The molecule has 90 valence electrons. The summed E-state index contributed by atoms with van der Waals surface area (Å²) in [5.74, 6) is 1.13. The van der Waals surface area contributed by atoms with Crippen molar-refractivity contribution in [2.45, 2.75) is 5.88 Å². The first-order valence-electron chi connectivity index (χ1n) is 5.42. The normalized spacial score (nSPS) is 11.0. The number of halogens is 2. The summed E-state index contributed by atoms with van der Waals surface area (Å²) in [6.45, 7) is 0. The predicted octanol–water partition coefficient (Wildman–Crippen LogP) is 3.81. The Balaban J connectivity index is 2.20. The molecule has 0 spiro atoms. The number of aromatic nitrogens is 3. The maximum absolute atomic E-state index is 6.00. The Kier molecular flexibility index (Phi) is 2.94. The lowest BCUT2D eigenvalue weighted by molar-refractivity contribution is 1.01. The molecule has 5 heteroatoms. The van der Waals surface area contributed by atoms with Gasteiger partial charge in [-0.05, 0) is 23.8 Å². The van der Waals surface area contributed by atoms with Gasteiger partial charge < -0.3 is 0 Å². The molecule has 2 aromatic heterocycles. The van der Waals surface area contributed by atoms with Crippen molar-refractivity contribution in [3.05, 3.63) is 53.4 Å². The molecule has 1 aromatic carbocycles. The summed E-state index contributed by atoms with van der Waals surface area (Å²) >= 11 is 11.9. The molecular formula is C13H9Cl2N3. The van der Waals surface area contributed by atoms with E-state index in [0.29, 0.717) is 10.9 Å². The van der Waals surface area contributed by atoms with Gasteiger partial charge >= 0.3 is 0 Å². The number of hydrogen-bond acceptors (Lipinski definition) is 2. The van der Waals surface area contributed by atoms with Crippen LogP contribution in [0.5, 0.6) is 0 Å². The molecule has 0 bridgehead atoms. The van der Waals surface area contributed by atoms with Crippen molar-refractivity contribution < 1.29 is 0 Å². The molecule has 0 saturated heterocycles. The van der Waals surface area contributed by atoms with Crippen LogP contribution in [0.2, 0.25) is 5.02 Å². The van der Waals surface area contributed by atoms with Crippen LogP contribution in [0, 0.1) is 0 Å². The van der Waals surface area contributed by atoms with Crippen LogP contribution in [-0.4, -0.2) is 14.5 Å². The van der Waals surface area contributed by atoms with Crippen LogP contribution in [0.3, 0.4) is 0 Å². The molecule has 0 aliphatic heterocycles. The van der Waals surface area contributed by atoms with Gasteiger partial charge in [0.15, 0.2) is 0 Å². The van der Waals surface area contributed by atoms with Crippen LogP contribution in [0.25, 0.3) is 16.9 Å². The van der Waals surface area contributed by atoms with E-state index in [1.165, 1.54) is 0 Å². The van der Waals surface area contributed by atoms with E-state index in [9.17, 15) is 0 Å². The summed E-state index contributed by atoms with van der Waals surface area (Å²) in [7, 11) is 0. The molecule has 0 atom stereocenters. The fourth-order valence-corrected chi connectivity index (χ4v) is 2.30. The summed E-state index contributed by atoms with van der Waals surface area (Å²) in [6.07, 6.45) is 3.36. The number of rotatable bonds is 2. The van der Waals surface area contributed by atoms with Crippen molar-refractivity contribution >= 4 is 34.2 Å². The molecule has 0 N–H and O–H groups in total. The Morgan fingerprint density at radius 3 is 2.83 bits per heavy atom. The lowest BCUT2D eigenvalue weighted by Gasteiger charge is -2.06. The van der Waals surface area contributed by atoms with Crippen LogP contribution in [0.15, 0.2) is 42.9 Å². The molecule has 3 aromatic rings. The highest BCUT2D eigenvalue weighted by Crippen LogP contribution is 2.22. The smallest absolute Gasteiger partial charge is 0.138 e. The Morgan fingerprint density at radius 1 is 1.17 bits per heavy atom. The standard InChI is InChI=1S/C13H9Cl2N3/c14-6-9-5-13(16-7-10(9)15)18-8-17-11-3-1-2-4-12(11)18/h1-5,7-8H,6H2. The number of benzene rings is 1.